The first-order valence-electron chi connectivity index (χ1n) is 11.8. The van der Waals surface area contributed by atoms with Gasteiger partial charge in [0.05, 0.1) is 17.1 Å². The monoisotopic (exact) mass is 500 g/mol. The molecular weight excluding hydrogens is 472 g/mol. The average molecular weight is 501 g/mol. The van der Waals surface area contributed by atoms with Crippen molar-refractivity contribution in [2.45, 2.75) is 38.6 Å². The number of ether oxygens (including phenoxy) is 1. The first-order valence-corrected chi connectivity index (χ1v) is 12.8. The largest absolute Gasteiger partial charge is 0.486 e. The number of carbonyl (C=O) groups excluding carboxylic acids is 1. The molecule has 0 aliphatic carbocycles. The summed E-state index contributed by atoms with van der Waals surface area (Å²) in [7, 11) is 0. The van der Waals surface area contributed by atoms with Crippen LogP contribution in [0.15, 0.2) is 94.2 Å². The van der Waals surface area contributed by atoms with Gasteiger partial charge in [0.25, 0.3) is 0 Å². The van der Waals surface area contributed by atoms with Gasteiger partial charge in [-0.1, -0.05) is 49.0 Å². The van der Waals surface area contributed by atoms with Crippen molar-refractivity contribution in [2.75, 3.05) is 11.1 Å². The van der Waals surface area contributed by atoms with Crippen LogP contribution in [0.4, 0.5) is 17.1 Å². The summed E-state index contributed by atoms with van der Waals surface area (Å²) in [4.78, 5) is 12.5. The van der Waals surface area contributed by atoms with E-state index in [0.717, 1.165) is 23.7 Å². The third kappa shape index (κ3) is 7.02. The minimum atomic E-state index is -0.127. The molecule has 0 fully saturated rings. The van der Waals surface area contributed by atoms with Crippen molar-refractivity contribution < 1.29 is 9.53 Å². The molecule has 1 N–H and O–H groups in total. The van der Waals surface area contributed by atoms with Crippen molar-refractivity contribution in [3.63, 3.8) is 0 Å². The van der Waals surface area contributed by atoms with E-state index >= 15 is 0 Å². The molecule has 4 aromatic rings. The van der Waals surface area contributed by atoms with Crippen LogP contribution in [-0.4, -0.2) is 26.4 Å². The van der Waals surface area contributed by atoms with Crippen LogP contribution in [-0.2, 0) is 24.4 Å². The smallest absolute Gasteiger partial charge is 0.234 e. The van der Waals surface area contributed by atoms with E-state index in [1.54, 1.807) is 12.1 Å². The van der Waals surface area contributed by atoms with Crippen LogP contribution >= 0.6 is 11.8 Å². The number of carbonyl (C=O) groups is 1. The van der Waals surface area contributed by atoms with Crippen LogP contribution in [0.1, 0.15) is 25.2 Å². The van der Waals surface area contributed by atoms with Crippen LogP contribution in [0, 0.1) is 0 Å². The molecule has 0 saturated carbocycles. The fourth-order valence-corrected chi connectivity index (χ4v) is 4.19. The van der Waals surface area contributed by atoms with Crippen LogP contribution < -0.4 is 10.1 Å². The predicted molar refractivity (Wildman–Crippen MR) is 142 cm³/mol. The Bertz CT molecular complexity index is 1290. The van der Waals surface area contributed by atoms with Gasteiger partial charge in [-0.05, 0) is 67.4 Å². The van der Waals surface area contributed by atoms with Gasteiger partial charge in [-0.15, -0.1) is 10.2 Å². The molecular formula is C27H28N6O2S. The molecule has 8 nitrogen and oxygen atoms in total. The van der Waals surface area contributed by atoms with Crippen molar-refractivity contribution in [2.24, 2.45) is 10.2 Å². The SMILES string of the molecule is CCc1ccc(OCc2nnc(SCC(=O)Nc3ccc(N=Nc4ccccc4)cc3)n2CC)cc1. The summed E-state index contributed by atoms with van der Waals surface area (Å²) >= 11 is 1.34. The fourth-order valence-electron chi connectivity index (χ4n) is 3.37. The molecule has 3 aromatic carbocycles. The zero-order valence-corrected chi connectivity index (χ0v) is 21.1. The number of azo groups is 1. The summed E-state index contributed by atoms with van der Waals surface area (Å²) in [6.45, 7) is 5.13. The van der Waals surface area contributed by atoms with E-state index in [1.807, 2.05) is 66.1 Å². The number of aromatic nitrogens is 3. The molecule has 0 bridgehead atoms. The molecule has 1 heterocycles. The second kappa shape index (κ2) is 12.6. The van der Waals surface area contributed by atoms with Crippen molar-refractivity contribution in [3.05, 3.63) is 90.3 Å². The number of thioether (sulfide) groups is 1. The molecule has 0 unspecified atom stereocenters. The number of hydrogen-bond donors (Lipinski definition) is 1. The molecule has 4 rings (SSSR count). The molecule has 0 atom stereocenters. The first kappa shape index (κ1) is 25.1. The van der Waals surface area contributed by atoms with E-state index in [1.165, 1.54) is 17.3 Å². The minimum absolute atomic E-state index is 0.127. The Labute approximate surface area is 214 Å². The van der Waals surface area contributed by atoms with E-state index in [0.29, 0.717) is 29.7 Å². The van der Waals surface area contributed by atoms with Crippen LogP contribution in [0.2, 0.25) is 0 Å². The summed E-state index contributed by atoms with van der Waals surface area (Å²) in [5.74, 6) is 1.60. The molecule has 0 aliphatic heterocycles. The highest BCUT2D eigenvalue weighted by Crippen LogP contribution is 2.22. The van der Waals surface area contributed by atoms with Crippen molar-refractivity contribution in [3.8, 4) is 5.75 Å². The lowest BCUT2D eigenvalue weighted by atomic mass is 10.2. The number of amides is 1. The zero-order chi connectivity index (χ0) is 25.2. The Balaban J connectivity index is 1.27. The Morgan fingerprint density at radius 2 is 1.61 bits per heavy atom. The fraction of sp³-hybridized carbons (Fsp3) is 0.222. The van der Waals surface area contributed by atoms with E-state index in [-0.39, 0.29) is 11.7 Å². The van der Waals surface area contributed by atoms with E-state index < -0.39 is 0 Å². The van der Waals surface area contributed by atoms with Crippen molar-refractivity contribution in [1.82, 2.24) is 14.8 Å². The van der Waals surface area contributed by atoms with E-state index in [2.05, 4.69) is 44.8 Å². The van der Waals surface area contributed by atoms with E-state index in [9.17, 15) is 4.79 Å². The quantitative estimate of drug-likeness (QED) is 0.185. The Kier molecular flexibility index (Phi) is 8.82. The van der Waals surface area contributed by atoms with Gasteiger partial charge in [0, 0.05) is 12.2 Å². The third-order valence-electron chi connectivity index (χ3n) is 5.33. The summed E-state index contributed by atoms with van der Waals surface area (Å²) in [5, 5.41) is 20.5. The van der Waals surface area contributed by atoms with Gasteiger partial charge in [-0.3, -0.25) is 4.79 Å². The molecule has 0 spiro atoms. The van der Waals surface area contributed by atoms with Gasteiger partial charge in [-0.25, -0.2) is 0 Å². The number of nitrogens with zero attached hydrogens (tertiary/aromatic N) is 5. The number of nitrogens with one attached hydrogen (secondary N) is 1. The summed E-state index contributed by atoms with van der Waals surface area (Å²) in [5.41, 5.74) is 3.45. The van der Waals surface area contributed by atoms with Crippen LogP contribution in [0.25, 0.3) is 0 Å². The van der Waals surface area contributed by atoms with Gasteiger partial charge in [-0.2, -0.15) is 10.2 Å². The molecule has 1 amide bonds. The Morgan fingerprint density at radius 1 is 0.917 bits per heavy atom. The maximum atomic E-state index is 12.5. The van der Waals surface area contributed by atoms with Gasteiger partial charge in [0.1, 0.15) is 12.4 Å². The topological polar surface area (TPSA) is 93.8 Å². The summed E-state index contributed by atoms with van der Waals surface area (Å²) in [6, 6.07) is 24.8. The lowest BCUT2D eigenvalue weighted by molar-refractivity contribution is -0.113. The number of anilines is 1. The highest BCUT2D eigenvalue weighted by Gasteiger charge is 2.14. The lowest BCUT2D eigenvalue weighted by Gasteiger charge is -2.09. The Hall–Kier alpha value is -3.98. The highest BCUT2D eigenvalue weighted by atomic mass is 32.2. The van der Waals surface area contributed by atoms with Gasteiger partial charge in [0.15, 0.2) is 11.0 Å². The van der Waals surface area contributed by atoms with Gasteiger partial charge >= 0.3 is 0 Å². The standard InChI is InChI=1S/C27H28N6O2S/c1-3-20-10-16-24(17-11-20)35-18-25-31-32-27(33(25)4-2)36-19-26(34)28-21-12-14-23(15-13-21)30-29-22-8-6-5-7-9-22/h5-17H,3-4,18-19H2,1-2H3,(H,28,34). The summed E-state index contributed by atoms with van der Waals surface area (Å²) < 4.78 is 7.84. The average Bonchev–Trinajstić information content (AvgIpc) is 3.33. The van der Waals surface area contributed by atoms with E-state index in [4.69, 9.17) is 4.74 Å². The van der Waals surface area contributed by atoms with Gasteiger partial charge < -0.3 is 14.6 Å². The number of hydrogen-bond acceptors (Lipinski definition) is 7. The second-order valence-corrected chi connectivity index (χ2v) is 8.79. The minimum Gasteiger partial charge on any atom is -0.486 e. The molecule has 9 heteroatoms. The molecule has 0 aliphatic rings. The number of rotatable bonds is 11. The molecule has 0 saturated heterocycles. The number of benzene rings is 3. The molecule has 36 heavy (non-hydrogen) atoms. The first-order chi connectivity index (χ1) is 17.6. The van der Waals surface area contributed by atoms with Crippen molar-refractivity contribution >= 4 is 34.7 Å². The second-order valence-electron chi connectivity index (χ2n) is 7.85. The number of aryl methyl sites for hydroxylation is 1. The zero-order valence-electron chi connectivity index (χ0n) is 20.3. The third-order valence-corrected chi connectivity index (χ3v) is 6.30. The lowest BCUT2D eigenvalue weighted by Crippen LogP contribution is -2.14. The maximum Gasteiger partial charge on any atom is 0.234 e. The molecule has 1 aromatic heterocycles. The Morgan fingerprint density at radius 3 is 2.28 bits per heavy atom. The normalized spacial score (nSPS) is 11.1. The highest BCUT2D eigenvalue weighted by molar-refractivity contribution is 7.99. The predicted octanol–water partition coefficient (Wildman–Crippen LogP) is 6.59. The molecule has 0 radical (unpaired) electrons. The van der Waals surface area contributed by atoms with Crippen LogP contribution in [0.3, 0.4) is 0 Å². The van der Waals surface area contributed by atoms with Crippen LogP contribution in [0.5, 0.6) is 5.75 Å². The maximum absolute atomic E-state index is 12.5. The van der Waals surface area contributed by atoms with Crippen molar-refractivity contribution in [1.29, 1.82) is 0 Å². The summed E-state index contributed by atoms with van der Waals surface area (Å²) in [6.07, 6.45) is 0.991. The van der Waals surface area contributed by atoms with Gasteiger partial charge in [0.2, 0.25) is 5.91 Å². The molecule has 184 valence electrons.